The van der Waals surface area contributed by atoms with Crippen LogP contribution in [-0.2, 0) is 0 Å². The highest BCUT2D eigenvalue weighted by Gasteiger charge is 2.23. The van der Waals surface area contributed by atoms with Crippen molar-refractivity contribution in [2.45, 2.75) is 0 Å². The van der Waals surface area contributed by atoms with Crippen LogP contribution >= 0.6 is 0 Å². The summed E-state index contributed by atoms with van der Waals surface area (Å²) >= 11 is 0. The topological polar surface area (TPSA) is 69.9 Å². The van der Waals surface area contributed by atoms with Crippen LogP contribution < -0.4 is 0 Å². The SMILES string of the molecule is c1ccc(-c2cccc(-c3nc(-c4cc(-n5c6ccccc6c6cc7ccccc7cc65)c5oc6ccccc6c5c4)nc(-c4cccc5c4oc4ccccc45)n3)c2)cc1. The van der Waals surface area contributed by atoms with Crippen molar-refractivity contribution in [3.05, 3.63) is 194 Å². The Hall–Kier alpha value is -8.35. The summed E-state index contributed by atoms with van der Waals surface area (Å²) in [5.74, 6) is 1.63. The monoisotopic (exact) mass is 780 g/mol. The predicted octanol–water partition coefficient (Wildman–Crippen LogP) is 14.6. The van der Waals surface area contributed by atoms with Crippen LogP contribution in [0.25, 0.3) is 127 Å². The molecule has 61 heavy (non-hydrogen) atoms. The number of rotatable bonds is 5. The van der Waals surface area contributed by atoms with E-state index in [9.17, 15) is 0 Å². The van der Waals surface area contributed by atoms with E-state index in [0.717, 1.165) is 88.4 Å². The largest absolute Gasteiger partial charge is 0.455 e. The average molecular weight is 781 g/mol. The van der Waals surface area contributed by atoms with E-state index in [4.69, 9.17) is 23.8 Å². The van der Waals surface area contributed by atoms with E-state index in [0.29, 0.717) is 17.5 Å². The van der Waals surface area contributed by atoms with Gasteiger partial charge in [0.15, 0.2) is 23.1 Å². The third-order valence-corrected chi connectivity index (χ3v) is 12.0. The molecular formula is C55H32N4O2. The second-order valence-corrected chi connectivity index (χ2v) is 15.6. The molecule has 0 aliphatic carbocycles. The van der Waals surface area contributed by atoms with Crippen molar-refractivity contribution in [3.8, 4) is 51.0 Å². The molecule has 6 heteroatoms. The molecule has 0 saturated heterocycles. The van der Waals surface area contributed by atoms with Crippen LogP contribution in [0, 0.1) is 0 Å². The summed E-state index contributed by atoms with van der Waals surface area (Å²) in [7, 11) is 0. The molecule has 0 unspecified atom stereocenters. The van der Waals surface area contributed by atoms with Crippen molar-refractivity contribution in [1.29, 1.82) is 0 Å². The second-order valence-electron chi connectivity index (χ2n) is 15.6. The maximum absolute atomic E-state index is 6.82. The predicted molar refractivity (Wildman–Crippen MR) is 248 cm³/mol. The Morgan fingerprint density at radius 1 is 0.328 bits per heavy atom. The normalized spacial score (nSPS) is 11.9. The van der Waals surface area contributed by atoms with E-state index in [1.807, 2.05) is 48.5 Å². The molecule has 0 saturated carbocycles. The van der Waals surface area contributed by atoms with Crippen LogP contribution in [0.1, 0.15) is 0 Å². The molecule has 0 aliphatic rings. The van der Waals surface area contributed by atoms with Gasteiger partial charge in [-0.05, 0) is 76.5 Å². The van der Waals surface area contributed by atoms with Gasteiger partial charge in [0.2, 0.25) is 0 Å². The molecule has 0 radical (unpaired) electrons. The minimum atomic E-state index is 0.525. The van der Waals surface area contributed by atoms with Crippen LogP contribution in [-0.4, -0.2) is 19.5 Å². The van der Waals surface area contributed by atoms with Gasteiger partial charge >= 0.3 is 0 Å². The van der Waals surface area contributed by atoms with Gasteiger partial charge in [-0.15, -0.1) is 0 Å². The Morgan fingerprint density at radius 3 is 1.74 bits per heavy atom. The molecular weight excluding hydrogens is 749 g/mol. The molecule has 9 aromatic carbocycles. The van der Waals surface area contributed by atoms with E-state index in [1.54, 1.807) is 0 Å². The maximum atomic E-state index is 6.82. The van der Waals surface area contributed by atoms with Gasteiger partial charge in [-0.1, -0.05) is 140 Å². The molecule has 4 heterocycles. The van der Waals surface area contributed by atoms with Crippen LogP contribution in [0.3, 0.4) is 0 Å². The molecule has 284 valence electrons. The Morgan fingerprint density at radius 2 is 0.918 bits per heavy atom. The number of benzene rings is 9. The Balaban J connectivity index is 1.12. The third kappa shape index (κ3) is 5.26. The molecule has 0 N–H and O–H groups in total. The summed E-state index contributed by atoms with van der Waals surface area (Å²) in [6, 6.07) is 67.4. The molecule has 13 aromatic rings. The van der Waals surface area contributed by atoms with Crippen LogP contribution in [0.4, 0.5) is 0 Å². The van der Waals surface area contributed by atoms with Crippen molar-refractivity contribution in [1.82, 2.24) is 19.5 Å². The van der Waals surface area contributed by atoms with Gasteiger partial charge < -0.3 is 13.4 Å². The summed E-state index contributed by atoms with van der Waals surface area (Å²) in [4.78, 5) is 15.9. The van der Waals surface area contributed by atoms with Crippen LogP contribution in [0.2, 0.25) is 0 Å². The minimum absolute atomic E-state index is 0.525. The highest BCUT2D eigenvalue weighted by molar-refractivity contribution is 6.16. The van der Waals surface area contributed by atoms with Crippen molar-refractivity contribution < 1.29 is 8.83 Å². The van der Waals surface area contributed by atoms with Crippen LogP contribution in [0.5, 0.6) is 0 Å². The zero-order valence-corrected chi connectivity index (χ0v) is 32.6. The lowest BCUT2D eigenvalue weighted by Gasteiger charge is -2.13. The van der Waals surface area contributed by atoms with E-state index in [-0.39, 0.29) is 0 Å². The molecule has 0 bridgehead atoms. The van der Waals surface area contributed by atoms with Gasteiger partial charge in [-0.25, -0.2) is 15.0 Å². The number of furan rings is 2. The highest BCUT2D eigenvalue weighted by Crippen LogP contribution is 2.42. The van der Waals surface area contributed by atoms with Gasteiger partial charge in [0.05, 0.1) is 22.3 Å². The molecule has 13 rings (SSSR count). The number of fused-ring (bicyclic) bond motifs is 10. The van der Waals surface area contributed by atoms with E-state index < -0.39 is 0 Å². The lowest BCUT2D eigenvalue weighted by atomic mass is 10.0. The number of aromatic nitrogens is 4. The van der Waals surface area contributed by atoms with Crippen LogP contribution in [0.15, 0.2) is 203 Å². The first-order valence-corrected chi connectivity index (χ1v) is 20.4. The Bertz CT molecular complexity index is 3900. The number of para-hydroxylation sites is 4. The summed E-state index contributed by atoms with van der Waals surface area (Å²) in [5.41, 5.74) is 10.9. The van der Waals surface area contributed by atoms with Gasteiger partial charge in [-0.2, -0.15) is 0 Å². The fourth-order valence-electron chi connectivity index (χ4n) is 9.17. The van der Waals surface area contributed by atoms with Gasteiger partial charge in [0.25, 0.3) is 0 Å². The fourth-order valence-corrected chi connectivity index (χ4v) is 9.17. The lowest BCUT2D eigenvalue weighted by Crippen LogP contribution is -2.02. The van der Waals surface area contributed by atoms with Gasteiger partial charge in [0.1, 0.15) is 16.7 Å². The van der Waals surface area contributed by atoms with Crippen molar-refractivity contribution >= 4 is 76.5 Å². The van der Waals surface area contributed by atoms with Crippen molar-refractivity contribution in [2.24, 2.45) is 0 Å². The minimum Gasteiger partial charge on any atom is -0.455 e. The number of hydrogen-bond donors (Lipinski definition) is 0. The van der Waals surface area contributed by atoms with E-state index in [2.05, 4.69) is 150 Å². The maximum Gasteiger partial charge on any atom is 0.167 e. The summed E-state index contributed by atoms with van der Waals surface area (Å²) in [6.45, 7) is 0. The smallest absolute Gasteiger partial charge is 0.167 e. The number of nitrogens with zero attached hydrogens (tertiary/aromatic N) is 4. The Labute approximate surface area is 348 Å². The van der Waals surface area contributed by atoms with Gasteiger partial charge in [0, 0.05) is 43.4 Å². The summed E-state index contributed by atoms with van der Waals surface area (Å²) in [5, 5.41) is 8.75. The highest BCUT2D eigenvalue weighted by atomic mass is 16.3. The zero-order valence-electron chi connectivity index (χ0n) is 32.6. The second kappa shape index (κ2) is 13.1. The number of hydrogen-bond acceptors (Lipinski definition) is 5. The molecule has 0 atom stereocenters. The third-order valence-electron chi connectivity index (χ3n) is 12.0. The first-order chi connectivity index (χ1) is 30.2. The summed E-state index contributed by atoms with van der Waals surface area (Å²) in [6.07, 6.45) is 0. The first-order valence-electron chi connectivity index (χ1n) is 20.4. The van der Waals surface area contributed by atoms with Gasteiger partial charge in [-0.3, -0.25) is 0 Å². The van der Waals surface area contributed by atoms with Crippen molar-refractivity contribution in [3.63, 3.8) is 0 Å². The Kier molecular flexibility index (Phi) is 7.21. The van der Waals surface area contributed by atoms with Crippen molar-refractivity contribution in [2.75, 3.05) is 0 Å². The quantitative estimate of drug-likeness (QED) is 0.174. The lowest BCUT2D eigenvalue weighted by molar-refractivity contribution is 0.666. The summed E-state index contributed by atoms with van der Waals surface area (Å²) < 4.78 is 15.7. The van der Waals surface area contributed by atoms with E-state index in [1.165, 1.54) is 21.5 Å². The standard InChI is InChI=1S/C55H32N4O2/c1-2-14-33(15-3-1)34-18-12-19-37(28-34)53-56-54(58-55(57-53)43-24-13-23-42-40-21-7-10-26-49(40)60-51(42)43)38-30-45-41-22-8-11-27-50(41)61-52(45)48(32-38)59-46-25-9-6-20-39(46)44-29-35-16-4-5-17-36(35)31-47(44)59/h1-32H. The molecule has 6 nitrogen and oxygen atoms in total. The average Bonchev–Trinajstić information content (AvgIpc) is 4.00. The first kappa shape index (κ1) is 33.6. The molecule has 0 fully saturated rings. The fraction of sp³-hybridized carbons (Fsp3) is 0. The molecule has 4 aromatic heterocycles. The molecule has 0 spiro atoms. The zero-order chi connectivity index (χ0) is 40.0. The van der Waals surface area contributed by atoms with E-state index >= 15 is 0 Å². The molecule has 0 amide bonds. The molecule has 0 aliphatic heterocycles.